The van der Waals surface area contributed by atoms with Gasteiger partial charge >= 0.3 is 0 Å². The number of amides is 1. The molecule has 4 nitrogen and oxygen atoms in total. The molecule has 1 aliphatic heterocycles. The van der Waals surface area contributed by atoms with Crippen molar-refractivity contribution in [2.24, 2.45) is 5.92 Å². The van der Waals surface area contributed by atoms with Gasteiger partial charge in [0.15, 0.2) is 0 Å². The van der Waals surface area contributed by atoms with Crippen molar-refractivity contribution < 1.29 is 9.90 Å². The molecular formula is C23H24Cl2N2O2. The summed E-state index contributed by atoms with van der Waals surface area (Å²) in [5.41, 5.74) is 3.18. The van der Waals surface area contributed by atoms with Crippen LogP contribution in [0.25, 0.3) is 0 Å². The van der Waals surface area contributed by atoms with Crippen LogP contribution in [0.5, 0.6) is 5.75 Å². The van der Waals surface area contributed by atoms with Crippen molar-refractivity contribution in [1.82, 2.24) is 5.32 Å². The van der Waals surface area contributed by atoms with Crippen LogP contribution >= 0.6 is 23.2 Å². The summed E-state index contributed by atoms with van der Waals surface area (Å²) in [7, 11) is 0. The SMILES string of the molecule is CCC(C)NC(=O)c1cccc2c1NC(c1cc(Cl)cc(Cl)c1O)C1CC=CC21. The summed E-state index contributed by atoms with van der Waals surface area (Å²) in [6, 6.07) is 9.00. The van der Waals surface area contributed by atoms with Gasteiger partial charge < -0.3 is 15.7 Å². The molecule has 2 aromatic carbocycles. The number of halogens is 2. The van der Waals surface area contributed by atoms with E-state index in [0.717, 1.165) is 24.1 Å². The highest BCUT2D eigenvalue weighted by Crippen LogP contribution is 2.52. The summed E-state index contributed by atoms with van der Waals surface area (Å²) >= 11 is 12.4. The zero-order valence-corrected chi connectivity index (χ0v) is 17.9. The first kappa shape index (κ1) is 20.1. The first-order valence-corrected chi connectivity index (χ1v) is 10.7. The number of aromatic hydroxyl groups is 1. The van der Waals surface area contributed by atoms with Crippen molar-refractivity contribution >= 4 is 34.8 Å². The minimum Gasteiger partial charge on any atom is -0.506 e. The number of fused-ring (bicyclic) bond motifs is 3. The molecule has 6 heteroatoms. The Morgan fingerprint density at radius 2 is 2.10 bits per heavy atom. The Morgan fingerprint density at radius 3 is 2.86 bits per heavy atom. The topological polar surface area (TPSA) is 61.4 Å². The number of rotatable bonds is 4. The van der Waals surface area contributed by atoms with Crippen molar-refractivity contribution in [3.05, 3.63) is 69.2 Å². The maximum absolute atomic E-state index is 12.9. The quantitative estimate of drug-likeness (QED) is 0.516. The number of hydrogen-bond acceptors (Lipinski definition) is 3. The second-order valence-corrected chi connectivity index (χ2v) is 8.70. The molecule has 0 radical (unpaired) electrons. The Labute approximate surface area is 180 Å². The van der Waals surface area contributed by atoms with E-state index in [1.54, 1.807) is 6.07 Å². The fourth-order valence-electron chi connectivity index (χ4n) is 4.35. The molecule has 2 aliphatic rings. The minimum absolute atomic E-state index is 0.0317. The van der Waals surface area contributed by atoms with E-state index in [0.29, 0.717) is 16.1 Å². The van der Waals surface area contributed by atoms with E-state index in [9.17, 15) is 9.90 Å². The third kappa shape index (κ3) is 3.60. The lowest BCUT2D eigenvalue weighted by atomic mass is 9.76. The van der Waals surface area contributed by atoms with Gasteiger partial charge in [0, 0.05) is 22.5 Å². The number of nitrogens with one attached hydrogen (secondary N) is 2. The Kier molecular flexibility index (Phi) is 5.50. The normalized spacial score (nSPS) is 23.1. The van der Waals surface area contributed by atoms with Gasteiger partial charge in [0.2, 0.25) is 0 Å². The summed E-state index contributed by atoms with van der Waals surface area (Å²) in [5.74, 6) is 0.293. The molecule has 4 rings (SSSR count). The number of anilines is 1. The van der Waals surface area contributed by atoms with Crippen molar-refractivity contribution in [3.63, 3.8) is 0 Å². The van der Waals surface area contributed by atoms with Gasteiger partial charge in [0.1, 0.15) is 5.75 Å². The molecule has 29 heavy (non-hydrogen) atoms. The molecule has 0 saturated heterocycles. The highest BCUT2D eigenvalue weighted by molar-refractivity contribution is 6.35. The zero-order chi connectivity index (χ0) is 20.7. The monoisotopic (exact) mass is 430 g/mol. The number of benzene rings is 2. The van der Waals surface area contributed by atoms with Gasteiger partial charge in [-0.3, -0.25) is 4.79 Å². The zero-order valence-electron chi connectivity index (χ0n) is 16.4. The van der Waals surface area contributed by atoms with Gasteiger partial charge in [-0.05, 0) is 49.4 Å². The third-order valence-electron chi connectivity index (χ3n) is 6.02. The number of carbonyl (C=O) groups is 1. The van der Waals surface area contributed by atoms with Crippen molar-refractivity contribution in [2.75, 3.05) is 5.32 Å². The average Bonchev–Trinajstić information content (AvgIpc) is 3.19. The van der Waals surface area contributed by atoms with E-state index in [1.165, 1.54) is 6.07 Å². The standard InChI is InChI=1S/C23H24Cl2N2O2/c1-3-12(2)26-23(29)17-9-5-8-15-14-6-4-7-16(14)21(27-20(15)17)18-10-13(24)11-19(25)22(18)28/h4-6,8-12,14,16,21,27-28H,3,7H2,1-2H3,(H,26,29). The molecule has 0 aromatic heterocycles. The van der Waals surface area contributed by atoms with Crippen molar-refractivity contribution in [2.45, 2.75) is 44.7 Å². The van der Waals surface area contributed by atoms with E-state index in [4.69, 9.17) is 23.2 Å². The number of carbonyl (C=O) groups excluding carboxylic acids is 1. The van der Waals surface area contributed by atoms with Crippen molar-refractivity contribution in [1.29, 1.82) is 0 Å². The maximum atomic E-state index is 12.9. The lowest BCUT2D eigenvalue weighted by molar-refractivity contribution is 0.0939. The van der Waals surface area contributed by atoms with Crippen LogP contribution in [0.4, 0.5) is 5.69 Å². The average molecular weight is 431 g/mol. The van der Waals surface area contributed by atoms with Crippen LogP contribution in [0.1, 0.15) is 60.1 Å². The molecule has 1 aliphatic carbocycles. The van der Waals surface area contributed by atoms with E-state index >= 15 is 0 Å². The third-order valence-corrected chi connectivity index (χ3v) is 6.53. The second-order valence-electron chi connectivity index (χ2n) is 7.85. The lowest BCUT2D eigenvalue weighted by Gasteiger charge is -2.38. The largest absolute Gasteiger partial charge is 0.506 e. The highest BCUT2D eigenvalue weighted by atomic mass is 35.5. The number of hydrogen-bond donors (Lipinski definition) is 3. The Balaban J connectivity index is 1.80. The summed E-state index contributed by atoms with van der Waals surface area (Å²) in [6.45, 7) is 4.03. The summed E-state index contributed by atoms with van der Waals surface area (Å²) in [6.07, 6.45) is 6.08. The first-order chi connectivity index (χ1) is 13.9. The fourth-order valence-corrected chi connectivity index (χ4v) is 4.85. The van der Waals surface area contributed by atoms with E-state index in [1.807, 2.05) is 26.0 Å². The number of allylic oxidation sites excluding steroid dienone is 2. The van der Waals surface area contributed by atoms with Crippen LogP contribution in [-0.4, -0.2) is 17.1 Å². The predicted molar refractivity (Wildman–Crippen MR) is 118 cm³/mol. The number of phenolic OH excluding ortho intramolecular Hbond substituents is 1. The van der Waals surface area contributed by atoms with Gasteiger partial charge in [-0.1, -0.05) is 54.4 Å². The Bertz CT molecular complexity index is 989. The maximum Gasteiger partial charge on any atom is 0.253 e. The number of phenols is 1. The van der Waals surface area contributed by atoms with Gasteiger partial charge in [-0.15, -0.1) is 0 Å². The summed E-state index contributed by atoms with van der Waals surface area (Å²) < 4.78 is 0. The molecular weight excluding hydrogens is 407 g/mol. The van der Waals surface area contributed by atoms with Crippen LogP contribution in [0, 0.1) is 5.92 Å². The Hall–Kier alpha value is -2.17. The van der Waals surface area contributed by atoms with E-state index < -0.39 is 0 Å². The molecule has 4 unspecified atom stereocenters. The molecule has 0 saturated carbocycles. The molecule has 4 atom stereocenters. The number of para-hydroxylation sites is 1. The van der Waals surface area contributed by atoms with Crippen LogP contribution in [0.15, 0.2) is 42.5 Å². The molecule has 0 fully saturated rings. The van der Waals surface area contributed by atoms with Gasteiger partial charge in [-0.25, -0.2) is 0 Å². The lowest BCUT2D eigenvalue weighted by Crippen LogP contribution is -2.35. The fraction of sp³-hybridized carbons (Fsp3) is 0.348. The first-order valence-electron chi connectivity index (χ1n) is 9.95. The molecule has 3 N–H and O–H groups in total. The molecule has 2 aromatic rings. The van der Waals surface area contributed by atoms with Crippen LogP contribution < -0.4 is 10.6 Å². The van der Waals surface area contributed by atoms with E-state index in [-0.39, 0.29) is 40.6 Å². The summed E-state index contributed by atoms with van der Waals surface area (Å²) in [5, 5.41) is 17.9. The summed E-state index contributed by atoms with van der Waals surface area (Å²) in [4.78, 5) is 12.9. The molecule has 0 spiro atoms. The minimum atomic E-state index is -0.212. The predicted octanol–water partition coefficient (Wildman–Crippen LogP) is 6.05. The van der Waals surface area contributed by atoms with Gasteiger partial charge in [0.05, 0.1) is 22.3 Å². The van der Waals surface area contributed by atoms with Crippen LogP contribution in [-0.2, 0) is 0 Å². The smallest absolute Gasteiger partial charge is 0.253 e. The molecule has 1 amide bonds. The molecule has 1 heterocycles. The second kappa shape index (κ2) is 7.92. The molecule has 152 valence electrons. The van der Waals surface area contributed by atoms with Crippen molar-refractivity contribution in [3.8, 4) is 5.75 Å². The molecule has 0 bridgehead atoms. The highest BCUT2D eigenvalue weighted by Gasteiger charge is 2.40. The van der Waals surface area contributed by atoms with E-state index in [2.05, 4.69) is 28.9 Å². The van der Waals surface area contributed by atoms with Gasteiger partial charge in [0.25, 0.3) is 5.91 Å². The Morgan fingerprint density at radius 1 is 1.31 bits per heavy atom. The van der Waals surface area contributed by atoms with Crippen LogP contribution in [0.2, 0.25) is 10.0 Å². The van der Waals surface area contributed by atoms with Gasteiger partial charge in [-0.2, -0.15) is 0 Å². The van der Waals surface area contributed by atoms with Crippen LogP contribution in [0.3, 0.4) is 0 Å².